The highest BCUT2D eigenvalue weighted by Gasteiger charge is 2.32. The molecule has 0 radical (unpaired) electrons. The van der Waals surface area contributed by atoms with Gasteiger partial charge in [0.15, 0.2) is 0 Å². The smallest absolute Gasteiger partial charge is 0.115 e. The summed E-state index contributed by atoms with van der Waals surface area (Å²) in [7, 11) is 1.68. The average Bonchev–Trinajstić information content (AvgIpc) is 2.58. The molecule has 4 heteroatoms. The van der Waals surface area contributed by atoms with E-state index in [1.807, 2.05) is 13.8 Å². The lowest BCUT2D eigenvalue weighted by molar-refractivity contribution is 0.0552. The number of ether oxygens (including phenoxy) is 1. The number of aryl methyl sites for hydroxylation is 2. The van der Waals surface area contributed by atoms with Crippen molar-refractivity contribution in [3.05, 3.63) is 15.6 Å². The molecule has 0 aliphatic carbocycles. The van der Waals surface area contributed by atoms with Crippen molar-refractivity contribution >= 4 is 11.3 Å². The molecule has 1 aromatic heterocycles. The molecule has 1 heterocycles. The first kappa shape index (κ1) is 12.6. The van der Waals surface area contributed by atoms with Crippen LogP contribution < -0.4 is 5.73 Å². The zero-order valence-electron chi connectivity index (χ0n) is 10.1. The first-order valence-electron chi connectivity index (χ1n) is 5.21. The second-order valence-corrected chi connectivity index (χ2v) is 5.24. The van der Waals surface area contributed by atoms with Gasteiger partial charge in [-0.15, -0.1) is 11.3 Å². The molecule has 0 saturated heterocycles. The van der Waals surface area contributed by atoms with Crippen LogP contribution in [0.3, 0.4) is 0 Å². The zero-order valence-corrected chi connectivity index (χ0v) is 10.9. The SMILES string of the molecule is CCc1nc(C(C)(N)C(C)OC)sc1C. The minimum Gasteiger partial charge on any atom is -0.379 e. The van der Waals surface area contributed by atoms with Gasteiger partial charge >= 0.3 is 0 Å². The molecule has 15 heavy (non-hydrogen) atoms. The highest BCUT2D eigenvalue weighted by molar-refractivity contribution is 7.11. The van der Waals surface area contributed by atoms with E-state index in [0.29, 0.717) is 0 Å². The zero-order chi connectivity index (χ0) is 11.6. The van der Waals surface area contributed by atoms with Crippen LogP contribution in [0.1, 0.15) is 36.3 Å². The molecule has 1 rings (SSSR count). The summed E-state index contributed by atoms with van der Waals surface area (Å²) in [6, 6.07) is 0. The average molecular weight is 228 g/mol. The van der Waals surface area contributed by atoms with Crippen molar-refractivity contribution < 1.29 is 4.74 Å². The topological polar surface area (TPSA) is 48.1 Å². The van der Waals surface area contributed by atoms with Crippen molar-refractivity contribution in [1.29, 1.82) is 0 Å². The van der Waals surface area contributed by atoms with E-state index in [1.54, 1.807) is 18.4 Å². The van der Waals surface area contributed by atoms with Crippen molar-refractivity contribution in [3.63, 3.8) is 0 Å². The first-order valence-corrected chi connectivity index (χ1v) is 6.03. The molecule has 0 spiro atoms. The fourth-order valence-electron chi connectivity index (χ4n) is 1.41. The van der Waals surface area contributed by atoms with Crippen molar-refractivity contribution in [2.45, 2.75) is 45.8 Å². The highest BCUT2D eigenvalue weighted by Crippen LogP contribution is 2.29. The van der Waals surface area contributed by atoms with Crippen molar-refractivity contribution in [3.8, 4) is 0 Å². The monoisotopic (exact) mass is 228 g/mol. The minimum atomic E-state index is -0.502. The van der Waals surface area contributed by atoms with Gasteiger partial charge in [-0.25, -0.2) is 4.98 Å². The van der Waals surface area contributed by atoms with Crippen LogP contribution in [-0.2, 0) is 16.7 Å². The largest absolute Gasteiger partial charge is 0.379 e. The Labute approximate surface area is 95.7 Å². The molecular weight excluding hydrogens is 208 g/mol. The van der Waals surface area contributed by atoms with Crippen LogP contribution in [0.25, 0.3) is 0 Å². The van der Waals surface area contributed by atoms with Crippen LogP contribution >= 0.6 is 11.3 Å². The van der Waals surface area contributed by atoms with E-state index in [-0.39, 0.29) is 6.10 Å². The predicted molar refractivity (Wildman–Crippen MR) is 64.2 cm³/mol. The van der Waals surface area contributed by atoms with Crippen LogP contribution in [0.2, 0.25) is 0 Å². The van der Waals surface area contributed by atoms with Gasteiger partial charge in [-0.1, -0.05) is 6.92 Å². The molecule has 0 bridgehead atoms. The second kappa shape index (κ2) is 4.60. The molecule has 2 N–H and O–H groups in total. The molecule has 86 valence electrons. The number of thiazole rings is 1. The molecule has 0 fully saturated rings. The van der Waals surface area contributed by atoms with Crippen molar-refractivity contribution in [2.24, 2.45) is 5.73 Å². The van der Waals surface area contributed by atoms with E-state index in [2.05, 4.69) is 18.8 Å². The Bertz CT molecular complexity index is 333. The lowest BCUT2D eigenvalue weighted by Crippen LogP contribution is -2.44. The van der Waals surface area contributed by atoms with E-state index >= 15 is 0 Å². The van der Waals surface area contributed by atoms with Gasteiger partial charge in [-0.05, 0) is 27.2 Å². The van der Waals surface area contributed by atoms with E-state index in [1.165, 1.54) is 4.88 Å². The lowest BCUT2D eigenvalue weighted by atomic mass is 9.98. The number of nitrogens with zero attached hydrogens (tertiary/aromatic N) is 1. The minimum absolute atomic E-state index is 0.0345. The van der Waals surface area contributed by atoms with Gasteiger partial charge in [0.1, 0.15) is 5.01 Å². The summed E-state index contributed by atoms with van der Waals surface area (Å²) in [6.07, 6.45) is 0.924. The maximum Gasteiger partial charge on any atom is 0.115 e. The molecular formula is C11H20N2OS. The Hall–Kier alpha value is -0.450. The molecule has 1 aromatic rings. The number of hydrogen-bond donors (Lipinski definition) is 1. The molecule has 0 aliphatic rings. The van der Waals surface area contributed by atoms with Crippen LogP contribution in [0, 0.1) is 6.92 Å². The lowest BCUT2D eigenvalue weighted by Gasteiger charge is -2.28. The van der Waals surface area contributed by atoms with E-state index in [0.717, 1.165) is 17.1 Å². The third kappa shape index (κ3) is 2.38. The summed E-state index contributed by atoms with van der Waals surface area (Å²) in [6.45, 7) is 8.15. The summed E-state index contributed by atoms with van der Waals surface area (Å²) >= 11 is 1.67. The quantitative estimate of drug-likeness (QED) is 0.859. The highest BCUT2D eigenvalue weighted by atomic mass is 32.1. The Morgan fingerprint density at radius 1 is 1.60 bits per heavy atom. The molecule has 0 aliphatic heterocycles. The predicted octanol–water partition coefficient (Wildman–Crippen LogP) is 2.22. The summed E-state index contributed by atoms with van der Waals surface area (Å²) in [5.74, 6) is 0. The molecule has 2 atom stereocenters. The van der Waals surface area contributed by atoms with Crippen LogP contribution in [-0.4, -0.2) is 18.2 Å². The first-order chi connectivity index (χ1) is 6.93. The van der Waals surface area contributed by atoms with Crippen LogP contribution in [0.15, 0.2) is 0 Å². The van der Waals surface area contributed by atoms with Gasteiger partial charge in [-0.3, -0.25) is 0 Å². The fourth-order valence-corrected chi connectivity index (χ4v) is 2.54. The summed E-state index contributed by atoms with van der Waals surface area (Å²) in [4.78, 5) is 5.84. The molecule has 0 aromatic carbocycles. The number of methoxy groups -OCH3 is 1. The summed E-state index contributed by atoms with van der Waals surface area (Å²) in [5, 5.41) is 0.964. The maximum absolute atomic E-state index is 6.25. The molecule has 3 nitrogen and oxygen atoms in total. The molecule has 0 saturated carbocycles. The fraction of sp³-hybridized carbons (Fsp3) is 0.727. The Kier molecular flexibility index (Phi) is 3.87. The molecule has 2 unspecified atom stereocenters. The Balaban J connectivity index is 3.04. The van der Waals surface area contributed by atoms with Gasteiger partial charge in [0.05, 0.1) is 17.3 Å². The summed E-state index contributed by atoms with van der Waals surface area (Å²) < 4.78 is 5.29. The van der Waals surface area contributed by atoms with Crippen LogP contribution in [0.4, 0.5) is 0 Å². The van der Waals surface area contributed by atoms with Gasteiger partial charge in [0.2, 0.25) is 0 Å². The second-order valence-electron chi connectivity index (χ2n) is 4.04. The van der Waals surface area contributed by atoms with E-state index < -0.39 is 5.54 Å². The number of aromatic nitrogens is 1. The van der Waals surface area contributed by atoms with Crippen LogP contribution in [0.5, 0.6) is 0 Å². The van der Waals surface area contributed by atoms with E-state index in [4.69, 9.17) is 10.5 Å². The summed E-state index contributed by atoms with van der Waals surface area (Å²) in [5.41, 5.74) is 6.90. The van der Waals surface area contributed by atoms with Gasteiger partial charge in [0.25, 0.3) is 0 Å². The Morgan fingerprint density at radius 2 is 2.20 bits per heavy atom. The van der Waals surface area contributed by atoms with E-state index in [9.17, 15) is 0 Å². The van der Waals surface area contributed by atoms with Gasteiger partial charge < -0.3 is 10.5 Å². The number of nitrogens with two attached hydrogens (primary N) is 1. The van der Waals surface area contributed by atoms with Gasteiger partial charge in [0, 0.05) is 12.0 Å². The normalized spacial score (nSPS) is 17.5. The number of rotatable bonds is 4. The van der Waals surface area contributed by atoms with Crippen molar-refractivity contribution in [2.75, 3.05) is 7.11 Å². The maximum atomic E-state index is 6.25. The van der Waals surface area contributed by atoms with Gasteiger partial charge in [-0.2, -0.15) is 0 Å². The molecule has 0 amide bonds. The Morgan fingerprint density at radius 3 is 2.60 bits per heavy atom. The number of hydrogen-bond acceptors (Lipinski definition) is 4. The standard InChI is InChI=1S/C11H20N2OS/c1-6-9-7(2)15-10(13-9)11(4,12)8(3)14-5/h8H,6,12H2,1-5H3. The van der Waals surface area contributed by atoms with Crippen molar-refractivity contribution in [1.82, 2.24) is 4.98 Å². The third-order valence-electron chi connectivity index (χ3n) is 2.89. The third-order valence-corrected chi connectivity index (χ3v) is 4.15.